The maximum Gasteiger partial charge on any atom is 0.0195 e. The summed E-state index contributed by atoms with van der Waals surface area (Å²) in [4.78, 5) is 0. The highest BCUT2D eigenvalue weighted by Crippen LogP contribution is 2.39. The van der Waals surface area contributed by atoms with Crippen LogP contribution in [0.5, 0.6) is 0 Å². The highest BCUT2D eigenvalue weighted by atomic mass is 15.1. The smallest absolute Gasteiger partial charge is 0.0195 e. The van der Waals surface area contributed by atoms with Crippen LogP contribution in [0.2, 0.25) is 0 Å². The molecule has 1 saturated carbocycles. The van der Waals surface area contributed by atoms with Gasteiger partial charge in [0.15, 0.2) is 0 Å². The van der Waals surface area contributed by atoms with Gasteiger partial charge in [-0.1, -0.05) is 46.5 Å². The normalized spacial score (nSPS) is 26.8. The largest absolute Gasteiger partial charge is 0.311 e. The summed E-state index contributed by atoms with van der Waals surface area (Å²) in [7, 11) is 0. The number of rotatable bonds is 7. The Labute approximate surface area is 101 Å². The van der Waals surface area contributed by atoms with Crippen LogP contribution in [-0.2, 0) is 0 Å². The van der Waals surface area contributed by atoms with E-state index in [0.29, 0.717) is 5.41 Å². The lowest BCUT2D eigenvalue weighted by Crippen LogP contribution is -2.10. The molecule has 2 atom stereocenters. The summed E-state index contributed by atoms with van der Waals surface area (Å²) in [5.74, 6) is 2.13. The molecule has 2 aliphatic rings. The third-order valence-corrected chi connectivity index (χ3v) is 4.01. The van der Waals surface area contributed by atoms with Crippen LogP contribution in [0, 0.1) is 17.3 Å². The summed E-state index contributed by atoms with van der Waals surface area (Å²) >= 11 is 0. The Morgan fingerprint density at radius 1 is 1.19 bits per heavy atom. The third-order valence-electron chi connectivity index (χ3n) is 4.01. The topological polar surface area (TPSA) is 21.9 Å². The summed E-state index contributed by atoms with van der Waals surface area (Å²) in [5, 5.41) is 3.47. The average Bonchev–Trinajstić information content (AvgIpc) is 2.96. The van der Waals surface area contributed by atoms with Crippen molar-refractivity contribution in [3.63, 3.8) is 0 Å². The van der Waals surface area contributed by atoms with Crippen LogP contribution in [0.15, 0.2) is 0 Å². The Morgan fingerprint density at radius 3 is 2.38 bits per heavy atom. The number of hydrogen-bond acceptors (Lipinski definition) is 1. The Balaban J connectivity index is 1.63. The van der Waals surface area contributed by atoms with Crippen LogP contribution < -0.4 is 5.32 Å². The van der Waals surface area contributed by atoms with Gasteiger partial charge in [-0.3, -0.25) is 0 Å². The first-order chi connectivity index (χ1) is 7.53. The molecule has 1 aliphatic carbocycles. The fourth-order valence-electron chi connectivity index (χ4n) is 2.73. The van der Waals surface area contributed by atoms with E-state index in [9.17, 15) is 0 Å². The predicted molar refractivity (Wildman–Crippen MR) is 70.5 cm³/mol. The molecule has 0 amide bonds. The van der Waals surface area contributed by atoms with Crippen LogP contribution >= 0.6 is 0 Å². The number of nitrogens with one attached hydrogen (secondary N) is 1. The molecule has 0 bridgehead atoms. The molecule has 1 N–H and O–H groups in total. The van der Waals surface area contributed by atoms with Crippen molar-refractivity contribution in [3.8, 4) is 0 Å². The van der Waals surface area contributed by atoms with Gasteiger partial charge >= 0.3 is 0 Å². The summed E-state index contributed by atoms with van der Waals surface area (Å²) in [6, 6.07) is 0.887. The lowest BCUT2D eigenvalue weighted by molar-refractivity contribution is 0.317. The highest BCUT2D eigenvalue weighted by molar-refractivity contribution is 4.87. The SMILES string of the molecule is CC(C)(C)CCCC(CC1CC1)CC1CN1. The van der Waals surface area contributed by atoms with Gasteiger partial charge in [-0.05, 0) is 36.5 Å². The number of hydrogen-bond donors (Lipinski definition) is 1. The molecule has 0 radical (unpaired) electrons. The zero-order valence-corrected chi connectivity index (χ0v) is 11.4. The minimum absolute atomic E-state index is 0.530. The van der Waals surface area contributed by atoms with Crippen LogP contribution in [0.25, 0.3) is 0 Å². The standard InChI is InChI=1S/C15H29N/c1-15(2,3)8-4-5-13(9-12-6-7-12)10-14-11-16-14/h12-14,16H,4-11H2,1-3H3. The van der Waals surface area contributed by atoms with Crippen molar-refractivity contribution in [3.05, 3.63) is 0 Å². The summed E-state index contributed by atoms with van der Waals surface area (Å²) in [5.41, 5.74) is 0.530. The molecule has 0 aromatic carbocycles. The molecule has 16 heavy (non-hydrogen) atoms. The Kier molecular flexibility index (Phi) is 3.94. The van der Waals surface area contributed by atoms with E-state index in [1.165, 1.54) is 51.5 Å². The molecule has 2 unspecified atom stereocenters. The second-order valence-electron chi connectivity index (χ2n) is 7.34. The van der Waals surface area contributed by atoms with Crippen molar-refractivity contribution in [1.82, 2.24) is 5.32 Å². The van der Waals surface area contributed by atoms with E-state index in [-0.39, 0.29) is 0 Å². The maximum absolute atomic E-state index is 3.47. The summed E-state index contributed by atoms with van der Waals surface area (Å²) in [6.07, 6.45) is 10.3. The van der Waals surface area contributed by atoms with Crippen LogP contribution in [0.4, 0.5) is 0 Å². The van der Waals surface area contributed by atoms with Gasteiger partial charge in [-0.2, -0.15) is 0 Å². The van der Waals surface area contributed by atoms with Crippen LogP contribution in [0.3, 0.4) is 0 Å². The minimum Gasteiger partial charge on any atom is -0.311 e. The monoisotopic (exact) mass is 223 g/mol. The molecule has 0 aromatic heterocycles. The third kappa shape index (κ3) is 5.34. The molecular weight excluding hydrogens is 194 g/mol. The molecule has 1 nitrogen and oxygen atoms in total. The van der Waals surface area contributed by atoms with Crippen LogP contribution in [-0.4, -0.2) is 12.6 Å². The lowest BCUT2D eigenvalue weighted by atomic mass is 9.85. The molecule has 0 aromatic rings. The van der Waals surface area contributed by atoms with Crippen molar-refractivity contribution >= 4 is 0 Å². The van der Waals surface area contributed by atoms with E-state index < -0.39 is 0 Å². The van der Waals surface area contributed by atoms with Crippen molar-refractivity contribution in [1.29, 1.82) is 0 Å². The fourth-order valence-corrected chi connectivity index (χ4v) is 2.73. The van der Waals surface area contributed by atoms with Gasteiger partial charge in [0.2, 0.25) is 0 Å². The molecule has 2 fully saturated rings. The van der Waals surface area contributed by atoms with E-state index in [1.807, 2.05) is 0 Å². The summed E-state index contributed by atoms with van der Waals surface area (Å²) in [6.45, 7) is 8.39. The van der Waals surface area contributed by atoms with E-state index >= 15 is 0 Å². The van der Waals surface area contributed by atoms with E-state index in [1.54, 1.807) is 0 Å². The van der Waals surface area contributed by atoms with Gasteiger partial charge < -0.3 is 5.32 Å². The van der Waals surface area contributed by atoms with Gasteiger partial charge in [0.25, 0.3) is 0 Å². The van der Waals surface area contributed by atoms with Crippen LogP contribution in [0.1, 0.15) is 65.7 Å². The van der Waals surface area contributed by atoms with Gasteiger partial charge in [0, 0.05) is 12.6 Å². The quantitative estimate of drug-likeness (QED) is 0.648. The summed E-state index contributed by atoms with van der Waals surface area (Å²) < 4.78 is 0. The van der Waals surface area contributed by atoms with E-state index in [2.05, 4.69) is 26.1 Å². The second-order valence-corrected chi connectivity index (χ2v) is 7.34. The zero-order valence-electron chi connectivity index (χ0n) is 11.4. The van der Waals surface area contributed by atoms with E-state index in [4.69, 9.17) is 0 Å². The van der Waals surface area contributed by atoms with Crippen molar-refractivity contribution in [2.24, 2.45) is 17.3 Å². The second kappa shape index (κ2) is 5.08. The van der Waals surface area contributed by atoms with Crippen molar-refractivity contribution in [2.75, 3.05) is 6.54 Å². The minimum atomic E-state index is 0.530. The van der Waals surface area contributed by atoms with E-state index in [0.717, 1.165) is 17.9 Å². The molecule has 1 heteroatoms. The molecule has 1 aliphatic heterocycles. The lowest BCUT2D eigenvalue weighted by Gasteiger charge is -2.21. The molecule has 1 saturated heterocycles. The first-order valence-electron chi connectivity index (χ1n) is 7.26. The van der Waals surface area contributed by atoms with Gasteiger partial charge in [-0.15, -0.1) is 0 Å². The Hall–Kier alpha value is -0.0400. The molecule has 1 heterocycles. The maximum atomic E-state index is 3.47. The van der Waals surface area contributed by atoms with Crippen molar-refractivity contribution < 1.29 is 0 Å². The predicted octanol–water partition coefficient (Wildman–Crippen LogP) is 3.98. The van der Waals surface area contributed by atoms with Gasteiger partial charge in [0.05, 0.1) is 0 Å². The fraction of sp³-hybridized carbons (Fsp3) is 1.00. The van der Waals surface area contributed by atoms with Gasteiger partial charge in [0.1, 0.15) is 0 Å². The molecule has 94 valence electrons. The van der Waals surface area contributed by atoms with Crippen molar-refractivity contribution in [2.45, 2.75) is 71.8 Å². The Bertz CT molecular complexity index is 194. The first-order valence-corrected chi connectivity index (χ1v) is 7.26. The molecular formula is C15H29N. The first kappa shape index (κ1) is 12.4. The highest BCUT2D eigenvalue weighted by Gasteiger charge is 2.30. The zero-order chi connectivity index (χ0) is 11.6. The average molecular weight is 223 g/mol. The van der Waals surface area contributed by atoms with Gasteiger partial charge in [-0.25, -0.2) is 0 Å². The Morgan fingerprint density at radius 2 is 1.88 bits per heavy atom. The molecule has 0 spiro atoms. The molecule has 2 rings (SSSR count).